The number of aromatic nitrogens is 1. The predicted molar refractivity (Wildman–Crippen MR) is 72.9 cm³/mol. The predicted octanol–water partition coefficient (Wildman–Crippen LogP) is 3.14. The Morgan fingerprint density at radius 3 is 2.65 bits per heavy atom. The van der Waals surface area contributed by atoms with Crippen molar-refractivity contribution < 1.29 is 0 Å². The number of hydrogen-bond donors (Lipinski definition) is 1. The third-order valence-corrected chi connectivity index (χ3v) is 3.66. The van der Waals surface area contributed by atoms with Crippen LogP contribution in [-0.2, 0) is 12.3 Å². The Morgan fingerprint density at radius 2 is 2.00 bits per heavy atom. The second-order valence-corrected chi connectivity index (χ2v) is 4.92. The summed E-state index contributed by atoms with van der Waals surface area (Å²) in [5.41, 5.74) is 9.31. The molecule has 0 unspecified atom stereocenters. The van der Waals surface area contributed by atoms with E-state index in [-0.39, 0.29) is 0 Å². The summed E-state index contributed by atoms with van der Waals surface area (Å²) in [6.45, 7) is 2.69. The summed E-state index contributed by atoms with van der Waals surface area (Å²) in [6, 6.07) is 12.5. The second-order valence-electron chi connectivity index (χ2n) is 3.92. The first-order valence-electron chi connectivity index (χ1n) is 5.62. The quantitative estimate of drug-likeness (QED) is 0.840. The zero-order valence-corrected chi connectivity index (χ0v) is 10.7. The van der Waals surface area contributed by atoms with Gasteiger partial charge in [0, 0.05) is 18.5 Å². The van der Waals surface area contributed by atoms with E-state index in [1.165, 1.54) is 11.1 Å². The summed E-state index contributed by atoms with van der Waals surface area (Å²) in [5.74, 6) is 0.960. The number of rotatable bonds is 4. The Hall–Kier alpha value is -1.32. The Balaban J connectivity index is 2.00. The zero-order valence-electron chi connectivity index (χ0n) is 9.89. The first kappa shape index (κ1) is 12.1. The van der Waals surface area contributed by atoms with E-state index in [0.717, 1.165) is 16.3 Å². The summed E-state index contributed by atoms with van der Waals surface area (Å²) < 4.78 is 0. The Labute approximate surface area is 106 Å². The number of thioether (sulfide) groups is 1. The molecule has 0 fully saturated rings. The molecule has 3 heteroatoms. The fraction of sp³-hybridized carbons (Fsp3) is 0.214. The van der Waals surface area contributed by atoms with E-state index in [4.69, 9.17) is 5.73 Å². The molecular formula is C14H16N2S. The number of aryl methyl sites for hydroxylation is 1. The minimum atomic E-state index is 0.551. The average Bonchev–Trinajstić information content (AvgIpc) is 2.38. The maximum Gasteiger partial charge on any atom is 0.0963 e. The van der Waals surface area contributed by atoms with Crippen molar-refractivity contribution in [2.45, 2.75) is 24.2 Å². The summed E-state index contributed by atoms with van der Waals surface area (Å²) in [5, 5.41) is 1.05. The van der Waals surface area contributed by atoms with E-state index in [0.29, 0.717) is 6.54 Å². The van der Waals surface area contributed by atoms with Crippen molar-refractivity contribution >= 4 is 11.8 Å². The molecule has 1 aromatic carbocycles. The minimum Gasteiger partial charge on any atom is -0.326 e. The van der Waals surface area contributed by atoms with Crippen LogP contribution < -0.4 is 5.73 Å². The van der Waals surface area contributed by atoms with Crippen molar-refractivity contribution in [2.75, 3.05) is 0 Å². The van der Waals surface area contributed by atoms with Gasteiger partial charge >= 0.3 is 0 Å². The molecule has 0 aliphatic heterocycles. The molecule has 0 bridgehead atoms. The van der Waals surface area contributed by atoms with Crippen molar-refractivity contribution in [3.05, 3.63) is 59.3 Å². The monoisotopic (exact) mass is 244 g/mol. The largest absolute Gasteiger partial charge is 0.326 e. The highest BCUT2D eigenvalue weighted by Gasteiger charge is 2.00. The van der Waals surface area contributed by atoms with Crippen molar-refractivity contribution in [3.8, 4) is 0 Å². The molecule has 0 aliphatic carbocycles. The molecule has 0 amide bonds. The molecule has 0 saturated carbocycles. The molecule has 17 heavy (non-hydrogen) atoms. The minimum absolute atomic E-state index is 0.551. The van der Waals surface area contributed by atoms with Gasteiger partial charge in [-0.3, -0.25) is 0 Å². The highest BCUT2D eigenvalue weighted by molar-refractivity contribution is 7.98. The lowest BCUT2D eigenvalue weighted by Gasteiger charge is -2.05. The third kappa shape index (κ3) is 3.32. The normalized spacial score (nSPS) is 10.5. The molecule has 1 aromatic heterocycles. The average molecular weight is 244 g/mol. The summed E-state index contributed by atoms with van der Waals surface area (Å²) in [7, 11) is 0. The summed E-state index contributed by atoms with van der Waals surface area (Å²) >= 11 is 1.75. The SMILES string of the molecule is Cc1ccccc1CSc1ccc(CN)cn1. The van der Waals surface area contributed by atoms with Gasteiger partial charge in [0.1, 0.15) is 0 Å². The lowest BCUT2D eigenvalue weighted by molar-refractivity contribution is 1.01. The van der Waals surface area contributed by atoms with Gasteiger partial charge in [0.05, 0.1) is 5.03 Å². The number of benzene rings is 1. The lowest BCUT2D eigenvalue weighted by atomic mass is 10.1. The number of pyridine rings is 1. The van der Waals surface area contributed by atoms with Crippen LogP contribution in [0.4, 0.5) is 0 Å². The van der Waals surface area contributed by atoms with Crippen LogP contribution in [0.1, 0.15) is 16.7 Å². The molecule has 0 aliphatic rings. The first-order valence-corrected chi connectivity index (χ1v) is 6.60. The van der Waals surface area contributed by atoms with Crippen molar-refractivity contribution in [2.24, 2.45) is 5.73 Å². The number of hydrogen-bond acceptors (Lipinski definition) is 3. The van der Waals surface area contributed by atoms with Gasteiger partial charge in [-0.05, 0) is 29.7 Å². The standard InChI is InChI=1S/C14H16N2S/c1-11-4-2-3-5-13(11)10-17-14-7-6-12(8-15)9-16-14/h2-7,9H,8,10,15H2,1H3. The molecule has 2 aromatic rings. The molecule has 0 spiro atoms. The van der Waals surface area contributed by atoms with Gasteiger partial charge in [-0.15, -0.1) is 11.8 Å². The van der Waals surface area contributed by atoms with Crippen molar-refractivity contribution in [1.29, 1.82) is 0 Å². The first-order chi connectivity index (χ1) is 8.29. The van der Waals surface area contributed by atoms with Gasteiger partial charge in [0.25, 0.3) is 0 Å². The molecule has 1 heterocycles. The Morgan fingerprint density at radius 1 is 1.18 bits per heavy atom. The maximum atomic E-state index is 5.54. The molecule has 2 nitrogen and oxygen atoms in total. The van der Waals surface area contributed by atoms with E-state index in [9.17, 15) is 0 Å². The van der Waals surface area contributed by atoms with E-state index in [2.05, 4.69) is 36.2 Å². The van der Waals surface area contributed by atoms with Crippen LogP contribution in [0.5, 0.6) is 0 Å². The van der Waals surface area contributed by atoms with Crippen LogP contribution in [0.25, 0.3) is 0 Å². The lowest BCUT2D eigenvalue weighted by Crippen LogP contribution is -1.96. The summed E-state index contributed by atoms with van der Waals surface area (Å²) in [6.07, 6.45) is 1.85. The Bertz CT molecular complexity index is 480. The molecular weight excluding hydrogens is 228 g/mol. The number of nitrogens with zero attached hydrogens (tertiary/aromatic N) is 1. The van der Waals surface area contributed by atoms with Gasteiger partial charge in [-0.25, -0.2) is 4.98 Å². The van der Waals surface area contributed by atoms with E-state index in [1.807, 2.05) is 18.3 Å². The van der Waals surface area contributed by atoms with Crippen molar-refractivity contribution in [3.63, 3.8) is 0 Å². The van der Waals surface area contributed by atoms with Gasteiger partial charge in [0.2, 0.25) is 0 Å². The van der Waals surface area contributed by atoms with E-state index in [1.54, 1.807) is 11.8 Å². The van der Waals surface area contributed by atoms with Crippen molar-refractivity contribution in [1.82, 2.24) is 4.98 Å². The van der Waals surface area contributed by atoms with E-state index >= 15 is 0 Å². The fourth-order valence-electron chi connectivity index (χ4n) is 1.54. The molecule has 2 N–H and O–H groups in total. The van der Waals surface area contributed by atoms with Gasteiger partial charge in [-0.2, -0.15) is 0 Å². The van der Waals surface area contributed by atoms with Crippen LogP contribution in [-0.4, -0.2) is 4.98 Å². The fourth-order valence-corrected chi connectivity index (χ4v) is 2.46. The number of nitrogens with two attached hydrogens (primary N) is 1. The van der Waals surface area contributed by atoms with Gasteiger partial charge < -0.3 is 5.73 Å². The third-order valence-electron chi connectivity index (χ3n) is 2.67. The highest BCUT2D eigenvalue weighted by atomic mass is 32.2. The van der Waals surface area contributed by atoms with Crippen LogP contribution in [0.2, 0.25) is 0 Å². The molecule has 0 radical (unpaired) electrons. The van der Waals surface area contributed by atoms with Gasteiger partial charge in [0.15, 0.2) is 0 Å². The van der Waals surface area contributed by atoms with Gasteiger partial charge in [-0.1, -0.05) is 30.3 Å². The Kier molecular flexibility index (Phi) is 4.18. The molecule has 0 saturated heterocycles. The van der Waals surface area contributed by atoms with Crippen LogP contribution in [0.3, 0.4) is 0 Å². The van der Waals surface area contributed by atoms with Crippen LogP contribution >= 0.6 is 11.8 Å². The second kappa shape index (κ2) is 5.84. The van der Waals surface area contributed by atoms with Crippen LogP contribution in [0.15, 0.2) is 47.6 Å². The van der Waals surface area contributed by atoms with Crippen LogP contribution in [0, 0.1) is 6.92 Å². The summed E-state index contributed by atoms with van der Waals surface area (Å²) in [4.78, 5) is 4.38. The molecule has 0 atom stereocenters. The molecule has 2 rings (SSSR count). The van der Waals surface area contributed by atoms with E-state index < -0.39 is 0 Å². The smallest absolute Gasteiger partial charge is 0.0963 e. The zero-order chi connectivity index (χ0) is 12.1. The maximum absolute atomic E-state index is 5.54. The topological polar surface area (TPSA) is 38.9 Å². The highest BCUT2D eigenvalue weighted by Crippen LogP contribution is 2.22. The molecule has 88 valence electrons.